The Hall–Kier alpha value is -3.46. The molecule has 0 fully saturated rings. The van der Waals surface area contributed by atoms with Gasteiger partial charge in [0.25, 0.3) is 0 Å². The third kappa shape index (κ3) is 5.82. The predicted molar refractivity (Wildman–Crippen MR) is 127 cm³/mol. The van der Waals surface area contributed by atoms with Gasteiger partial charge in [-0.1, -0.05) is 31.3 Å². The van der Waals surface area contributed by atoms with Crippen LogP contribution in [0.5, 0.6) is 5.75 Å². The molecule has 3 rings (SSSR count). The van der Waals surface area contributed by atoms with E-state index >= 15 is 0 Å². The van der Waals surface area contributed by atoms with E-state index in [-0.39, 0.29) is 11.8 Å². The Morgan fingerprint density at radius 2 is 1.69 bits per heavy atom. The second-order valence-electron chi connectivity index (χ2n) is 7.75. The van der Waals surface area contributed by atoms with Gasteiger partial charge in [0.05, 0.1) is 7.11 Å². The molecule has 3 aromatic rings. The molecule has 0 radical (unpaired) electrons. The number of anilines is 2. The number of hydrogen-bond acceptors (Lipinski definition) is 6. The number of urea groups is 1. The van der Waals surface area contributed by atoms with Gasteiger partial charge in [0.2, 0.25) is 11.0 Å². The summed E-state index contributed by atoms with van der Waals surface area (Å²) in [5.74, 6) is 0.263. The van der Waals surface area contributed by atoms with Crippen LogP contribution >= 0.6 is 11.3 Å². The molecule has 0 aliphatic heterocycles. The molecule has 3 amide bonds. The van der Waals surface area contributed by atoms with Crippen molar-refractivity contribution in [3.05, 3.63) is 53.6 Å². The van der Waals surface area contributed by atoms with Crippen LogP contribution in [0.25, 0.3) is 10.6 Å². The molecule has 3 N–H and O–H groups in total. The van der Waals surface area contributed by atoms with Gasteiger partial charge in [-0.25, -0.2) is 4.79 Å². The summed E-state index contributed by atoms with van der Waals surface area (Å²) in [5.41, 5.74) is 3.75. The van der Waals surface area contributed by atoms with E-state index in [1.165, 1.54) is 11.3 Å². The second kappa shape index (κ2) is 10.2. The fraction of sp³-hybridized carbons (Fsp3) is 0.304. The number of nitrogens with zero attached hydrogens (tertiary/aromatic N) is 2. The Morgan fingerprint density at radius 1 is 0.969 bits per heavy atom. The summed E-state index contributed by atoms with van der Waals surface area (Å²) in [7, 11) is 1.61. The Balaban J connectivity index is 1.64. The van der Waals surface area contributed by atoms with Gasteiger partial charge in [0.1, 0.15) is 16.8 Å². The molecule has 0 saturated carbocycles. The predicted octanol–water partition coefficient (Wildman–Crippen LogP) is 4.62. The van der Waals surface area contributed by atoms with E-state index < -0.39 is 12.1 Å². The SMILES string of the molecule is COc1ccc(-c2nnc(NC(=O)C(NC(=O)Nc3ccc(C)c(C)c3)C(C)C)s2)cc1. The average molecular weight is 454 g/mol. The van der Waals surface area contributed by atoms with Gasteiger partial charge in [-0.3, -0.25) is 10.1 Å². The molecule has 0 saturated heterocycles. The Labute approximate surface area is 191 Å². The van der Waals surface area contributed by atoms with E-state index in [0.717, 1.165) is 22.4 Å². The van der Waals surface area contributed by atoms with Gasteiger partial charge in [0, 0.05) is 11.3 Å². The zero-order valence-electron chi connectivity index (χ0n) is 18.7. The first-order chi connectivity index (χ1) is 15.3. The minimum Gasteiger partial charge on any atom is -0.497 e. The highest BCUT2D eigenvalue weighted by atomic mass is 32.1. The standard InChI is InChI=1S/C23H27N5O3S/c1-13(2)19(25-22(30)24-17-9-6-14(3)15(4)12-17)20(29)26-23-28-27-21(32-23)16-7-10-18(31-5)11-8-16/h6-13,19H,1-5H3,(H2,24,25,30)(H,26,28,29). The lowest BCUT2D eigenvalue weighted by molar-refractivity contribution is -0.118. The van der Waals surface area contributed by atoms with Crippen LogP contribution in [0.1, 0.15) is 25.0 Å². The van der Waals surface area contributed by atoms with Crippen LogP contribution in [0.15, 0.2) is 42.5 Å². The smallest absolute Gasteiger partial charge is 0.319 e. The van der Waals surface area contributed by atoms with Crippen LogP contribution in [0.2, 0.25) is 0 Å². The molecular formula is C23H27N5O3S. The van der Waals surface area contributed by atoms with Gasteiger partial charge in [0.15, 0.2) is 0 Å². The Bertz CT molecular complexity index is 1100. The maximum Gasteiger partial charge on any atom is 0.319 e. The van der Waals surface area contributed by atoms with Crippen molar-refractivity contribution in [1.82, 2.24) is 15.5 Å². The molecule has 8 nitrogen and oxygen atoms in total. The van der Waals surface area contributed by atoms with Crippen molar-refractivity contribution >= 4 is 34.1 Å². The van der Waals surface area contributed by atoms with Gasteiger partial charge in [-0.2, -0.15) is 0 Å². The fourth-order valence-electron chi connectivity index (χ4n) is 2.97. The number of carbonyl (C=O) groups is 2. The number of hydrogen-bond donors (Lipinski definition) is 3. The molecule has 32 heavy (non-hydrogen) atoms. The van der Waals surface area contributed by atoms with Crippen molar-refractivity contribution in [3.63, 3.8) is 0 Å². The fourth-order valence-corrected chi connectivity index (χ4v) is 3.72. The first-order valence-electron chi connectivity index (χ1n) is 10.2. The van der Waals surface area contributed by atoms with E-state index in [1.54, 1.807) is 7.11 Å². The molecule has 9 heteroatoms. The molecule has 2 aromatic carbocycles. The molecule has 0 bridgehead atoms. The molecule has 1 heterocycles. The van der Waals surface area contributed by atoms with Crippen LogP contribution in [-0.2, 0) is 4.79 Å². The highest BCUT2D eigenvalue weighted by Gasteiger charge is 2.25. The molecule has 0 aliphatic rings. The van der Waals surface area contributed by atoms with Crippen molar-refractivity contribution in [3.8, 4) is 16.3 Å². The van der Waals surface area contributed by atoms with Gasteiger partial charge < -0.3 is 15.4 Å². The van der Waals surface area contributed by atoms with Gasteiger partial charge in [-0.15, -0.1) is 10.2 Å². The first-order valence-corrected chi connectivity index (χ1v) is 11.0. The topological polar surface area (TPSA) is 105 Å². The first kappa shape index (κ1) is 23.2. The molecule has 0 spiro atoms. The maximum absolute atomic E-state index is 12.8. The van der Waals surface area contributed by atoms with Crippen LogP contribution < -0.4 is 20.7 Å². The molecule has 1 unspecified atom stereocenters. The van der Waals surface area contributed by atoms with Gasteiger partial charge >= 0.3 is 6.03 Å². The summed E-state index contributed by atoms with van der Waals surface area (Å²) in [6.07, 6.45) is 0. The van der Waals surface area contributed by atoms with E-state index in [1.807, 2.05) is 70.2 Å². The molecule has 1 aromatic heterocycles. The van der Waals surface area contributed by atoms with Crippen LogP contribution in [-0.4, -0.2) is 35.3 Å². The number of amides is 3. The number of rotatable bonds is 7. The lowest BCUT2D eigenvalue weighted by atomic mass is 10.0. The summed E-state index contributed by atoms with van der Waals surface area (Å²) in [6.45, 7) is 7.71. The number of carbonyl (C=O) groups excluding carboxylic acids is 2. The van der Waals surface area contributed by atoms with E-state index in [2.05, 4.69) is 26.1 Å². The normalized spacial score (nSPS) is 11.7. The maximum atomic E-state index is 12.8. The summed E-state index contributed by atoms with van der Waals surface area (Å²) in [4.78, 5) is 25.3. The number of aromatic nitrogens is 2. The zero-order valence-corrected chi connectivity index (χ0v) is 19.5. The minimum absolute atomic E-state index is 0.130. The number of nitrogens with one attached hydrogen (secondary N) is 3. The number of benzene rings is 2. The van der Waals surface area contributed by atoms with E-state index in [9.17, 15) is 9.59 Å². The quantitative estimate of drug-likeness (QED) is 0.484. The Morgan fingerprint density at radius 3 is 2.31 bits per heavy atom. The van der Waals surface area contributed by atoms with Crippen LogP contribution in [0.4, 0.5) is 15.6 Å². The lowest BCUT2D eigenvalue weighted by Gasteiger charge is -2.21. The molecule has 168 valence electrons. The van der Waals surface area contributed by atoms with Crippen molar-refractivity contribution in [2.24, 2.45) is 5.92 Å². The highest BCUT2D eigenvalue weighted by molar-refractivity contribution is 7.18. The van der Waals surface area contributed by atoms with Crippen molar-refractivity contribution in [2.45, 2.75) is 33.7 Å². The van der Waals surface area contributed by atoms with Crippen molar-refractivity contribution in [1.29, 1.82) is 0 Å². The highest BCUT2D eigenvalue weighted by Crippen LogP contribution is 2.28. The van der Waals surface area contributed by atoms with Crippen LogP contribution in [0.3, 0.4) is 0 Å². The minimum atomic E-state index is -0.741. The van der Waals surface area contributed by atoms with E-state index in [4.69, 9.17) is 4.74 Å². The summed E-state index contributed by atoms with van der Waals surface area (Å²) < 4.78 is 5.16. The number of aryl methyl sites for hydroxylation is 2. The van der Waals surface area contributed by atoms with Gasteiger partial charge in [-0.05, 0) is 67.3 Å². The second-order valence-corrected chi connectivity index (χ2v) is 8.73. The summed E-state index contributed by atoms with van der Waals surface area (Å²) >= 11 is 1.26. The summed E-state index contributed by atoms with van der Waals surface area (Å²) in [5, 5.41) is 17.5. The molecular weight excluding hydrogens is 426 g/mol. The average Bonchev–Trinajstić information content (AvgIpc) is 3.22. The van der Waals surface area contributed by atoms with Crippen LogP contribution in [0, 0.1) is 19.8 Å². The number of methoxy groups -OCH3 is 1. The largest absolute Gasteiger partial charge is 0.497 e. The zero-order chi connectivity index (χ0) is 23.3. The van der Waals surface area contributed by atoms with Crippen molar-refractivity contribution < 1.29 is 14.3 Å². The molecule has 1 atom stereocenters. The van der Waals surface area contributed by atoms with E-state index in [0.29, 0.717) is 15.8 Å². The molecule has 0 aliphatic carbocycles. The summed E-state index contributed by atoms with van der Waals surface area (Å²) in [6, 6.07) is 11.9. The van der Waals surface area contributed by atoms with Crippen molar-refractivity contribution in [2.75, 3.05) is 17.7 Å². The third-order valence-electron chi connectivity index (χ3n) is 4.99. The Kier molecular flexibility index (Phi) is 7.42. The monoisotopic (exact) mass is 453 g/mol. The number of ether oxygens (including phenoxy) is 1. The lowest BCUT2D eigenvalue weighted by Crippen LogP contribution is -2.48. The third-order valence-corrected chi connectivity index (χ3v) is 5.88.